The maximum atomic E-state index is 13.1. The predicted octanol–water partition coefficient (Wildman–Crippen LogP) is 3.43. The smallest absolute Gasteiger partial charge is 0.291 e. The Bertz CT molecular complexity index is 1490. The molecule has 0 saturated carbocycles. The van der Waals surface area contributed by atoms with Crippen molar-refractivity contribution in [3.05, 3.63) is 53.1 Å². The van der Waals surface area contributed by atoms with Crippen LogP contribution in [0.3, 0.4) is 0 Å². The van der Waals surface area contributed by atoms with Gasteiger partial charge in [0.15, 0.2) is 0 Å². The van der Waals surface area contributed by atoms with Crippen LogP contribution in [0.5, 0.6) is 5.75 Å². The SMILES string of the molecule is COc1ccc(S(=O)(=O)N2CCCCC2)cc1NS(=O)(=O)c1nnc(NC(=O)c2ccccc2Cl)s1. The van der Waals surface area contributed by atoms with E-state index in [2.05, 4.69) is 20.2 Å². The fourth-order valence-electron chi connectivity index (χ4n) is 3.55. The van der Waals surface area contributed by atoms with Gasteiger partial charge >= 0.3 is 0 Å². The van der Waals surface area contributed by atoms with E-state index in [4.69, 9.17) is 16.3 Å². The Morgan fingerprint density at radius 3 is 2.47 bits per heavy atom. The molecular formula is C21H22ClN5O6S3. The summed E-state index contributed by atoms with van der Waals surface area (Å²) in [5.74, 6) is -0.459. The zero-order chi connectivity index (χ0) is 25.9. The van der Waals surface area contributed by atoms with E-state index in [9.17, 15) is 21.6 Å². The second kappa shape index (κ2) is 10.7. The number of hydrogen-bond donors (Lipinski definition) is 2. The lowest BCUT2D eigenvalue weighted by atomic mass is 10.2. The number of methoxy groups -OCH3 is 1. The average molecular weight is 572 g/mol. The van der Waals surface area contributed by atoms with E-state index in [-0.39, 0.29) is 32.1 Å². The molecule has 15 heteroatoms. The lowest BCUT2D eigenvalue weighted by Crippen LogP contribution is -2.35. The topological polar surface area (TPSA) is 148 Å². The third-order valence-electron chi connectivity index (χ3n) is 5.34. The highest BCUT2D eigenvalue weighted by Gasteiger charge is 2.28. The van der Waals surface area contributed by atoms with E-state index in [1.807, 2.05) is 0 Å². The van der Waals surface area contributed by atoms with Crippen molar-refractivity contribution in [2.75, 3.05) is 30.2 Å². The molecular weight excluding hydrogens is 550 g/mol. The van der Waals surface area contributed by atoms with Gasteiger partial charge in [-0.15, -0.1) is 10.2 Å². The van der Waals surface area contributed by atoms with Crippen molar-refractivity contribution in [3.63, 3.8) is 0 Å². The Hall–Kier alpha value is -2.78. The number of ether oxygens (including phenoxy) is 1. The van der Waals surface area contributed by atoms with Crippen LogP contribution in [0.15, 0.2) is 51.7 Å². The van der Waals surface area contributed by atoms with E-state index in [1.54, 1.807) is 18.2 Å². The van der Waals surface area contributed by atoms with Crippen molar-refractivity contribution in [2.24, 2.45) is 0 Å². The van der Waals surface area contributed by atoms with E-state index in [0.29, 0.717) is 24.4 Å². The molecule has 0 radical (unpaired) electrons. The van der Waals surface area contributed by atoms with Crippen molar-refractivity contribution < 1.29 is 26.4 Å². The van der Waals surface area contributed by atoms with Gasteiger partial charge in [-0.25, -0.2) is 8.42 Å². The number of rotatable bonds is 8. The molecule has 0 unspecified atom stereocenters. The number of nitrogens with zero attached hydrogens (tertiary/aromatic N) is 3. The van der Waals surface area contributed by atoms with Gasteiger partial charge in [-0.1, -0.05) is 41.5 Å². The van der Waals surface area contributed by atoms with Crippen LogP contribution in [0.2, 0.25) is 5.02 Å². The van der Waals surface area contributed by atoms with Gasteiger partial charge in [-0.05, 0) is 43.2 Å². The third-order valence-corrected chi connectivity index (χ3v) is 10.1. The lowest BCUT2D eigenvalue weighted by Gasteiger charge is -2.26. The molecule has 0 atom stereocenters. The number of aromatic nitrogens is 2. The summed E-state index contributed by atoms with van der Waals surface area (Å²) in [5, 5.41) is 10.0. The number of piperidine rings is 1. The number of hydrogen-bond acceptors (Lipinski definition) is 9. The molecule has 2 heterocycles. The summed E-state index contributed by atoms with van der Waals surface area (Å²) in [6.07, 6.45) is 2.49. The fraction of sp³-hybridized carbons (Fsp3) is 0.286. The monoisotopic (exact) mass is 571 g/mol. The van der Waals surface area contributed by atoms with Crippen LogP contribution in [0.1, 0.15) is 29.6 Å². The molecule has 192 valence electrons. The van der Waals surface area contributed by atoms with Crippen molar-refractivity contribution in [1.82, 2.24) is 14.5 Å². The van der Waals surface area contributed by atoms with Crippen molar-refractivity contribution in [3.8, 4) is 5.75 Å². The number of anilines is 2. The number of nitrogens with one attached hydrogen (secondary N) is 2. The number of carbonyl (C=O) groups excluding carboxylic acids is 1. The molecule has 1 aliphatic rings. The largest absolute Gasteiger partial charge is 0.495 e. The van der Waals surface area contributed by atoms with E-state index < -0.39 is 30.3 Å². The summed E-state index contributed by atoms with van der Waals surface area (Å²) >= 11 is 6.64. The molecule has 1 saturated heterocycles. The molecule has 1 aliphatic heterocycles. The molecule has 3 aromatic rings. The van der Waals surface area contributed by atoms with Gasteiger partial charge in [-0.2, -0.15) is 12.7 Å². The number of benzene rings is 2. The van der Waals surface area contributed by atoms with Crippen LogP contribution in [-0.4, -0.2) is 57.4 Å². The zero-order valence-electron chi connectivity index (χ0n) is 19.0. The average Bonchev–Trinajstić information content (AvgIpc) is 3.34. The molecule has 0 spiro atoms. The fourth-order valence-corrected chi connectivity index (χ4v) is 7.27. The first-order valence-electron chi connectivity index (χ1n) is 10.7. The lowest BCUT2D eigenvalue weighted by molar-refractivity contribution is 0.102. The number of sulfonamides is 2. The van der Waals surface area contributed by atoms with Gasteiger partial charge in [-0.3, -0.25) is 14.8 Å². The van der Waals surface area contributed by atoms with Crippen LogP contribution in [-0.2, 0) is 20.0 Å². The molecule has 0 bridgehead atoms. The maximum Gasteiger partial charge on any atom is 0.291 e. The number of carbonyl (C=O) groups is 1. The highest BCUT2D eigenvalue weighted by Crippen LogP contribution is 2.32. The van der Waals surface area contributed by atoms with Gasteiger partial charge in [0.05, 0.1) is 28.3 Å². The Morgan fingerprint density at radius 2 is 1.78 bits per heavy atom. The van der Waals surface area contributed by atoms with E-state index in [1.165, 1.54) is 35.7 Å². The van der Waals surface area contributed by atoms with Crippen molar-refractivity contribution >= 4 is 59.7 Å². The van der Waals surface area contributed by atoms with Gasteiger partial charge in [0, 0.05) is 13.1 Å². The molecule has 1 fully saturated rings. The molecule has 1 amide bonds. The standard InChI is InChI=1S/C21H22ClN5O6S3/c1-33-18-10-9-14(36(31,32)27-11-5-2-6-12-27)13-17(18)26-35(29,30)21-25-24-20(34-21)23-19(28)15-7-3-4-8-16(15)22/h3-4,7-10,13,26H,2,5-6,11-12H2,1H3,(H,23,24,28). The molecule has 11 nitrogen and oxygen atoms in total. The summed E-state index contributed by atoms with van der Waals surface area (Å²) in [5.41, 5.74) is 0.112. The second-order valence-electron chi connectivity index (χ2n) is 7.74. The zero-order valence-corrected chi connectivity index (χ0v) is 22.2. The minimum atomic E-state index is -4.29. The van der Waals surface area contributed by atoms with Gasteiger partial charge in [0.25, 0.3) is 20.3 Å². The highest BCUT2D eigenvalue weighted by molar-refractivity contribution is 7.94. The van der Waals surface area contributed by atoms with Crippen LogP contribution in [0.25, 0.3) is 0 Å². The Labute approximate surface area is 217 Å². The summed E-state index contributed by atoms with van der Waals surface area (Å²) in [7, 11) is -6.77. The molecule has 2 N–H and O–H groups in total. The first-order chi connectivity index (χ1) is 17.1. The van der Waals surface area contributed by atoms with E-state index >= 15 is 0 Å². The molecule has 2 aromatic carbocycles. The number of amides is 1. The van der Waals surface area contributed by atoms with Gasteiger partial charge < -0.3 is 4.74 Å². The first-order valence-corrected chi connectivity index (χ1v) is 14.8. The third kappa shape index (κ3) is 5.62. The normalized spacial score (nSPS) is 14.8. The molecule has 36 heavy (non-hydrogen) atoms. The Balaban J connectivity index is 1.56. The first kappa shape index (κ1) is 26.3. The van der Waals surface area contributed by atoms with Crippen LogP contribution in [0.4, 0.5) is 10.8 Å². The highest BCUT2D eigenvalue weighted by atomic mass is 35.5. The Morgan fingerprint density at radius 1 is 1.06 bits per heavy atom. The predicted molar refractivity (Wildman–Crippen MR) is 136 cm³/mol. The summed E-state index contributed by atoms with van der Waals surface area (Å²) in [4.78, 5) is 12.4. The minimum absolute atomic E-state index is 0.0614. The summed E-state index contributed by atoms with van der Waals surface area (Å²) < 4.78 is 60.6. The van der Waals surface area contributed by atoms with Gasteiger partial charge in [0.1, 0.15) is 5.75 Å². The minimum Gasteiger partial charge on any atom is -0.495 e. The maximum absolute atomic E-state index is 13.1. The second-order valence-corrected chi connectivity index (χ2v) is 12.9. The number of halogens is 1. The molecule has 0 aliphatic carbocycles. The van der Waals surface area contributed by atoms with Crippen LogP contribution in [0, 0.1) is 0 Å². The van der Waals surface area contributed by atoms with Crippen molar-refractivity contribution in [2.45, 2.75) is 28.5 Å². The van der Waals surface area contributed by atoms with Crippen molar-refractivity contribution in [1.29, 1.82) is 0 Å². The summed E-state index contributed by atoms with van der Waals surface area (Å²) in [6.45, 7) is 0.811. The van der Waals surface area contributed by atoms with E-state index in [0.717, 1.165) is 19.3 Å². The van der Waals surface area contributed by atoms with Crippen LogP contribution >= 0.6 is 22.9 Å². The van der Waals surface area contributed by atoms with Gasteiger partial charge in [0.2, 0.25) is 15.2 Å². The molecule has 4 rings (SSSR count). The Kier molecular flexibility index (Phi) is 7.80. The summed E-state index contributed by atoms with van der Waals surface area (Å²) in [6, 6.07) is 10.3. The quantitative estimate of drug-likeness (QED) is 0.391. The van der Waals surface area contributed by atoms with Crippen LogP contribution < -0.4 is 14.8 Å². The molecule has 1 aromatic heterocycles.